The highest BCUT2D eigenvalue weighted by atomic mass is 32.1. The van der Waals surface area contributed by atoms with E-state index in [2.05, 4.69) is 4.98 Å². The van der Waals surface area contributed by atoms with Gasteiger partial charge in [-0.05, 0) is 44.0 Å². The second kappa shape index (κ2) is 6.07. The van der Waals surface area contributed by atoms with Gasteiger partial charge in [0.05, 0.1) is 5.69 Å². The van der Waals surface area contributed by atoms with Crippen LogP contribution < -0.4 is 10.3 Å². The van der Waals surface area contributed by atoms with Gasteiger partial charge in [-0.3, -0.25) is 9.59 Å². The molecule has 0 spiro atoms. The van der Waals surface area contributed by atoms with Crippen molar-refractivity contribution in [2.75, 3.05) is 0 Å². The van der Waals surface area contributed by atoms with Crippen LogP contribution in [0.25, 0.3) is 4.96 Å². The maximum absolute atomic E-state index is 12.9. The third-order valence-corrected chi connectivity index (χ3v) is 5.08. The molecule has 3 aromatic rings. The van der Waals surface area contributed by atoms with Crippen LogP contribution in [0.5, 0.6) is 5.75 Å². The highest BCUT2D eigenvalue weighted by Gasteiger charge is 2.34. The molecule has 1 aromatic carbocycles. The van der Waals surface area contributed by atoms with E-state index in [9.17, 15) is 14.0 Å². The van der Waals surface area contributed by atoms with E-state index in [1.807, 2.05) is 6.92 Å². The molecule has 2 aromatic heterocycles. The van der Waals surface area contributed by atoms with Gasteiger partial charge in [0.2, 0.25) is 0 Å². The number of hydrogen-bond acceptors (Lipinski definition) is 5. The van der Waals surface area contributed by atoms with E-state index in [1.165, 1.54) is 46.1 Å². The molecule has 7 heteroatoms. The summed E-state index contributed by atoms with van der Waals surface area (Å²) in [6.07, 6.45) is 1.78. The van der Waals surface area contributed by atoms with Crippen molar-refractivity contribution in [2.45, 2.75) is 26.4 Å². The number of ether oxygens (including phenoxy) is 1. The van der Waals surface area contributed by atoms with Crippen molar-refractivity contribution >= 4 is 22.1 Å². The van der Waals surface area contributed by atoms with Crippen molar-refractivity contribution in [1.82, 2.24) is 9.38 Å². The largest absolute Gasteiger partial charge is 0.487 e. The second-order valence-corrected chi connectivity index (χ2v) is 7.27. The fourth-order valence-electron chi connectivity index (χ4n) is 2.71. The molecule has 0 unspecified atom stereocenters. The number of aromatic nitrogens is 2. The van der Waals surface area contributed by atoms with E-state index in [0.717, 1.165) is 17.7 Å². The van der Waals surface area contributed by atoms with Crippen LogP contribution in [0.15, 0.2) is 35.1 Å². The van der Waals surface area contributed by atoms with Crippen LogP contribution in [0, 0.1) is 18.7 Å². The number of halogens is 1. The lowest BCUT2D eigenvalue weighted by Crippen LogP contribution is -2.20. The normalized spacial score (nSPS) is 14.0. The fraction of sp³-hybridized carbons (Fsp3) is 0.278. The lowest BCUT2D eigenvalue weighted by molar-refractivity contribution is 0.0961. The van der Waals surface area contributed by atoms with Gasteiger partial charge in [0.25, 0.3) is 5.56 Å². The van der Waals surface area contributed by atoms with Crippen molar-refractivity contribution < 1.29 is 13.9 Å². The van der Waals surface area contributed by atoms with Crippen molar-refractivity contribution in [2.24, 2.45) is 5.92 Å². The van der Waals surface area contributed by atoms with E-state index in [0.29, 0.717) is 22.1 Å². The third-order valence-electron chi connectivity index (χ3n) is 4.12. The highest BCUT2D eigenvalue weighted by Crippen LogP contribution is 2.34. The van der Waals surface area contributed by atoms with Crippen LogP contribution in [-0.4, -0.2) is 15.2 Å². The van der Waals surface area contributed by atoms with E-state index >= 15 is 0 Å². The average molecular weight is 358 g/mol. The van der Waals surface area contributed by atoms with Crippen LogP contribution >= 0.6 is 11.3 Å². The summed E-state index contributed by atoms with van der Waals surface area (Å²) in [5.41, 5.74) is 0.656. The number of fused-ring (bicyclic) bond motifs is 1. The molecule has 4 rings (SSSR count). The zero-order valence-corrected chi connectivity index (χ0v) is 14.3. The Hall–Kier alpha value is -2.54. The van der Waals surface area contributed by atoms with E-state index in [-0.39, 0.29) is 29.7 Å². The Kier molecular flexibility index (Phi) is 3.88. The molecule has 0 amide bonds. The number of ketones is 1. The van der Waals surface area contributed by atoms with Gasteiger partial charge in [-0.15, -0.1) is 11.3 Å². The minimum atomic E-state index is -0.341. The quantitative estimate of drug-likeness (QED) is 0.656. The van der Waals surface area contributed by atoms with E-state index in [4.69, 9.17) is 4.74 Å². The summed E-state index contributed by atoms with van der Waals surface area (Å²) in [5, 5.41) is 0. The van der Waals surface area contributed by atoms with Gasteiger partial charge in [-0.1, -0.05) is 0 Å². The fourth-order valence-corrected chi connectivity index (χ4v) is 3.71. The molecule has 2 heterocycles. The summed E-state index contributed by atoms with van der Waals surface area (Å²) in [6.45, 7) is 1.93. The van der Waals surface area contributed by atoms with E-state index in [1.54, 1.807) is 0 Å². The standard InChI is InChI=1S/C18H15FN2O3S/c1-10-16(17(23)11-2-3-11)21-15(22)8-13(20-18(21)25-10)9-24-14-6-4-12(19)5-7-14/h4-8,11H,2-3,9H2,1H3. The lowest BCUT2D eigenvalue weighted by atomic mass is 10.2. The van der Waals surface area contributed by atoms with Crippen LogP contribution in [-0.2, 0) is 6.61 Å². The molecule has 0 aliphatic heterocycles. The SMILES string of the molecule is Cc1sc2nc(COc3ccc(F)cc3)cc(=O)n2c1C(=O)C1CC1. The highest BCUT2D eigenvalue weighted by molar-refractivity contribution is 7.17. The molecular formula is C18H15FN2O3S. The summed E-state index contributed by atoms with van der Waals surface area (Å²) < 4.78 is 19.9. The number of benzene rings is 1. The van der Waals surface area contributed by atoms with Gasteiger partial charge in [0.1, 0.15) is 23.9 Å². The molecule has 1 aliphatic rings. The Bertz CT molecular complexity index is 1020. The first-order chi connectivity index (χ1) is 12.0. The molecule has 25 heavy (non-hydrogen) atoms. The molecule has 0 saturated heterocycles. The Morgan fingerprint density at radius 3 is 2.76 bits per heavy atom. The van der Waals surface area contributed by atoms with Crippen LogP contribution in [0.3, 0.4) is 0 Å². The number of nitrogens with zero attached hydrogens (tertiary/aromatic N) is 2. The summed E-state index contributed by atoms with van der Waals surface area (Å²) in [5.74, 6) is 0.232. The number of carbonyl (C=O) groups is 1. The van der Waals surface area contributed by atoms with Crippen molar-refractivity contribution in [3.63, 3.8) is 0 Å². The zero-order valence-electron chi connectivity index (χ0n) is 13.5. The Balaban J connectivity index is 1.64. The smallest absolute Gasteiger partial charge is 0.259 e. The maximum atomic E-state index is 12.9. The molecular weight excluding hydrogens is 343 g/mol. The van der Waals surface area contributed by atoms with E-state index < -0.39 is 0 Å². The van der Waals surface area contributed by atoms with Crippen molar-refractivity contribution in [3.8, 4) is 5.75 Å². The first kappa shape index (κ1) is 16.0. The first-order valence-corrected chi connectivity index (χ1v) is 8.79. The molecule has 0 N–H and O–H groups in total. The zero-order chi connectivity index (χ0) is 17.6. The maximum Gasteiger partial charge on any atom is 0.259 e. The van der Waals surface area contributed by atoms with Gasteiger partial charge in [0, 0.05) is 16.9 Å². The number of aryl methyl sites for hydroxylation is 1. The minimum absolute atomic E-state index is 0.0305. The topological polar surface area (TPSA) is 60.7 Å². The minimum Gasteiger partial charge on any atom is -0.487 e. The van der Waals surface area contributed by atoms with Gasteiger partial charge < -0.3 is 4.74 Å². The van der Waals surface area contributed by atoms with Gasteiger partial charge in [-0.2, -0.15) is 0 Å². The summed E-state index contributed by atoms with van der Waals surface area (Å²) >= 11 is 1.33. The van der Waals surface area contributed by atoms with Crippen molar-refractivity contribution in [3.05, 3.63) is 62.8 Å². The van der Waals surface area contributed by atoms with Gasteiger partial charge in [-0.25, -0.2) is 13.8 Å². The molecule has 0 atom stereocenters. The summed E-state index contributed by atoms with van der Waals surface area (Å²) in [6, 6.07) is 7.02. The Morgan fingerprint density at radius 1 is 1.36 bits per heavy atom. The first-order valence-electron chi connectivity index (χ1n) is 7.97. The van der Waals surface area contributed by atoms with Crippen LogP contribution in [0.2, 0.25) is 0 Å². The predicted molar refractivity (Wildman–Crippen MR) is 91.9 cm³/mol. The molecule has 1 saturated carbocycles. The number of rotatable bonds is 5. The molecule has 0 radical (unpaired) electrons. The summed E-state index contributed by atoms with van der Waals surface area (Å²) in [4.78, 5) is 30.7. The van der Waals surface area contributed by atoms with Crippen LogP contribution in [0.1, 0.15) is 33.9 Å². The van der Waals surface area contributed by atoms with Crippen LogP contribution in [0.4, 0.5) is 4.39 Å². The molecule has 0 bridgehead atoms. The van der Waals surface area contributed by atoms with Crippen molar-refractivity contribution in [1.29, 1.82) is 0 Å². The third kappa shape index (κ3) is 3.07. The number of thiazole rings is 1. The lowest BCUT2D eigenvalue weighted by Gasteiger charge is -2.06. The number of hydrogen-bond donors (Lipinski definition) is 0. The van der Waals surface area contributed by atoms with Gasteiger partial charge >= 0.3 is 0 Å². The second-order valence-electron chi connectivity index (χ2n) is 6.09. The Morgan fingerprint density at radius 2 is 2.08 bits per heavy atom. The number of carbonyl (C=O) groups excluding carboxylic acids is 1. The molecule has 1 aliphatic carbocycles. The predicted octanol–water partition coefficient (Wildman–Crippen LogP) is 3.38. The number of Topliss-reactive ketones (excluding diaryl/α,β-unsaturated/α-hetero) is 1. The summed E-state index contributed by atoms with van der Waals surface area (Å²) in [7, 11) is 0. The molecule has 1 fully saturated rings. The average Bonchev–Trinajstić information content (AvgIpc) is 3.37. The monoisotopic (exact) mass is 358 g/mol. The molecule has 5 nitrogen and oxygen atoms in total. The van der Waals surface area contributed by atoms with Gasteiger partial charge in [0.15, 0.2) is 10.7 Å². The Labute approximate surface area is 146 Å². The molecule has 128 valence electrons.